The largest absolute Gasteiger partial charge is 0.393 e. The lowest BCUT2D eigenvalue weighted by Crippen LogP contribution is -2.38. The van der Waals surface area contributed by atoms with Crippen LogP contribution in [0.3, 0.4) is 0 Å². The second-order valence-corrected chi connectivity index (χ2v) is 9.64. The molecule has 0 aliphatic heterocycles. The molecule has 2 fully saturated rings. The van der Waals surface area contributed by atoms with Crippen LogP contribution in [0.4, 0.5) is 5.69 Å². The normalized spacial score (nSPS) is 21.6. The molecule has 3 N–H and O–H groups in total. The summed E-state index contributed by atoms with van der Waals surface area (Å²) in [6.45, 7) is 0. The summed E-state index contributed by atoms with van der Waals surface area (Å²) in [7, 11) is 0. The molecule has 172 valence electrons. The van der Waals surface area contributed by atoms with Gasteiger partial charge in [0.25, 0.3) is 5.91 Å². The first kappa shape index (κ1) is 21.9. The van der Waals surface area contributed by atoms with Crippen LogP contribution in [0, 0.1) is 0 Å². The molecule has 0 atom stereocenters. The molecule has 2 aliphatic carbocycles. The number of amides is 1. The highest BCUT2D eigenvalue weighted by atomic mass is 16.3. The topological polar surface area (TPSA) is 74.2 Å². The summed E-state index contributed by atoms with van der Waals surface area (Å²) in [4.78, 5) is 17.4. The summed E-state index contributed by atoms with van der Waals surface area (Å²) in [5.41, 5.74) is 4.68. The van der Waals surface area contributed by atoms with Crippen LogP contribution in [-0.2, 0) is 0 Å². The molecule has 5 rings (SSSR count). The molecule has 1 heterocycles. The molecule has 5 heteroatoms. The number of pyridine rings is 1. The number of aliphatic hydroxyl groups is 1. The molecule has 0 saturated heterocycles. The van der Waals surface area contributed by atoms with Crippen molar-refractivity contribution in [2.24, 2.45) is 0 Å². The van der Waals surface area contributed by atoms with E-state index in [1.165, 1.54) is 37.8 Å². The molecule has 0 unspecified atom stereocenters. The van der Waals surface area contributed by atoms with E-state index in [0.717, 1.165) is 47.7 Å². The molecule has 2 saturated carbocycles. The lowest BCUT2D eigenvalue weighted by atomic mass is 9.93. The Morgan fingerprint density at radius 3 is 2.24 bits per heavy atom. The van der Waals surface area contributed by atoms with Gasteiger partial charge in [-0.2, -0.15) is 0 Å². The van der Waals surface area contributed by atoms with Crippen molar-refractivity contribution >= 4 is 22.5 Å². The van der Waals surface area contributed by atoms with Gasteiger partial charge >= 0.3 is 0 Å². The van der Waals surface area contributed by atoms with Gasteiger partial charge in [-0.25, -0.2) is 4.98 Å². The predicted octanol–water partition coefficient (Wildman–Crippen LogP) is 5.68. The van der Waals surface area contributed by atoms with Gasteiger partial charge in [0, 0.05) is 23.2 Å². The first-order chi connectivity index (χ1) is 16.1. The van der Waals surface area contributed by atoms with Crippen LogP contribution in [-0.4, -0.2) is 34.2 Å². The smallest absolute Gasteiger partial charge is 0.270 e. The summed E-state index contributed by atoms with van der Waals surface area (Å²) in [6, 6.07) is 19.3. The molecule has 1 aromatic heterocycles. The van der Waals surface area contributed by atoms with Gasteiger partial charge in [0.1, 0.15) is 5.69 Å². The lowest BCUT2D eigenvalue weighted by Gasteiger charge is -2.26. The molecule has 2 aliphatic rings. The second-order valence-electron chi connectivity index (χ2n) is 9.64. The number of carbonyl (C=O) groups excluding carboxylic acids is 1. The van der Waals surface area contributed by atoms with Crippen LogP contribution in [0.5, 0.6) is 0 Å². The number of nitrogens with zero attached hydrogens (tertiary/aromatic N) is 1. The summed E-state index contributed by atoms with van der Waals surface area (Å²) in [6.07, 6.45) is 9.42. The number of carbonyl (C=O) groups is 1. The zero-order valence-corrected chi connectivity index (χ0v) is 19.1. The number of nitrogens with one attached hydrogen (secondary N) is 2. The van der Waals surface area contributed by atoms with E-state index < -0.39 is 0 Å². The maximum absolute atomic E-state index is 12.8. The van der Waals surface area contributed by atoms with Crippen molar-refractivity contribution in [1.82, 2.24) is 10.3 Å². The summed E-state index contributed by atoms with van der Waals surface area (Å²) < 4.78 is 0. The van der Waals surface area contributed by atoms with E-state index in [4.69, 9.17) is 0 Å². The van der Waals surface area contributed by atoms with Crippen LogP contribution < -0.4 is 10.6 Å². The monoisotopic (exact) mass is 443 g/mol. The van der Waals surface area contributed by atoms with Gasteiger partial charge in [0.2, 0.25) is 0 Å². The highest BCUT2D eigenvalue weighted by molar-refractivity contribution is 5.95. The number of aliphatic hydroxyl groups excluding tert-OH is 1. The lowest BCUT2D eigenvalue weighted by molar-refractivity contribution is 0.0863. The minimum absolute atomic E-state index is 0.116. The molecule has 5 nitrogen and oxygen atoms in total. The van der Waals surface area contributed by atoms with Crippen LogP contribution in [0.25, 0.3) is 22.0 Å². The molecule has 3 aromatic rings. The van der Waals surface area contributed by atoms with Gasteiger partial charge in [-0.1, -0.05) is 49.6 Å². The maximum Gasteiger partial charge on any atom is 0.270 e. The van der Waals surface area contributed by atoms with Gasteiger partial charge in [-0.15, -0.1) is 0 Å². The van der Waals surface area contributed by atoms with Gasteiger partial charge in [0.05, 0.1) is 11.6 Å². The van der Waals surface area contributed by atoms with Crippen molar-refractivity contribution in [3.8, 4) is 11.1 Å². The first-order valence-corrected chi connectivity index (χ1v) is 12.4. The fourth-order valence-corrected chi connectivity index (χ4v) is 5.14. The standard InChI is InChI=1S/C28H33N3O2/c32-25-15-13-24(14-16-25)30-28(33)26-17-10-20-6-7-21(18-27(20)31-26)19-8-11-23(12-9-19)29-22-4-2-1-3-5-22/h6-12,17-18,22,24-25,29,32H,1-5,13-16H2,(H,30,33). The van der Waals surface area contributed by atoms with Gasteiger partial charge in [-0.3, -0.25) is 4.79 Å². The van der Waals surface area contributed by atoms with Crippen molar-refractivity contribution in [3.63, 3.8) is 0 Å². The number of aromatic nitrogens is 1. The summed E-state index contributed by atoms with van der Waals surface area (Å²) in [5, 5.41) is 17.5. The molecular weight excluding hydrogens is 410 g/mol. The van der Waals surface area contributed by atoms with Crippen molar-refractivity contribution < 1.29 is 9.90 Å². The van der Waals surface area contributed by atoms with Crippen LogP contribution in [0.1, 0.15) is 68.3 Å². The highest BCUT2D eigenvalue weighted by Crippen LogP contribution is 2.27. The number of benzene rings is 2. The maximum atomic E-state index is 12.8. The fraction of sp³-hybridized carbons (Fsp3) is 0.429. The zero-order valence-electron chi connectivity index (χ0n) is 19.1. The van der Waals surface area contributed by atoms with Gasteiger partial charge < -0.3 is 15.7 Å². The molecule has 33 heavy (non-hydrogen) atoms. The van der Waals surface area contributed by atoms with Gasteiger partial charge in [0.15, 0.2) is 0 Å². The van der Waals surface area contributed by atoms with E-state index in [1.54, 1.807) is 6.07 Å². The minimum atomic E-state index is -0.229. The van der Waals surface area contributed by atoms with Crippen molar-refractivity contribution in [1.29, 1.82) is 0 Å². The second kappa shape index (κ2) is 9.92. The SMILES string of the molecule is O=C(NC1CCC(O)CC1)c1ccc2ccc(-c3ccc(NC4CCCCC4)cc3)cc2n1. The van der Waals surface area contributed by atoms with E-state index in [1.807, 2.05) is 6.07 Å². The fourth-order valence-electron chi connectivity index (χ4n) is 5.14. The Bertz CT molecular complexity index is 1100. The van der Waals surface area contributed by atoms with Crippen LogP contribution in [0.2, 0.25) is 0 Å². The number of hydrogen-bond donors (Lipinski definition) is 3. The Balaban J connectivity index is 1.29. The average molecular weight is 444 g/mol. The Labute approximate surface area is 195 Å². The predicted molar refractivity (Wildman–Crippen MR) is 133 cm³/mol. The van der Waals surface area contributed by atoms with Crippen LogP contribution >= 0.6 is 0 Å². The van der Waals surface area contributed by atoms with Crippen molar-refractivity contribution in [2.75, 3.05) is 5.32 Å². The third kappa shape index (κ3) is 5.36. The number of hydrogen-bond acceptors (Lipinski definition) is 4. The molecule has 0 radical (unpaired) electrons. The Kier molecular flexibility index (Phi) is 6.58. The highest BCUT2D eigenvalue weighted by Gasteiger charge is 2.22. The molecule has 0 spiro atoms. The van der Waals surface area contributed by atoms with E-state index in [0.29, 0.717) is 11.7 Å². The van der Waals surface area contributed by atoms with Crippen LogP contribution in [0.15, 0.2) is 54.6 Å². The van der Waals surface area contributed by atoms with E-state index in [-0.39, 0.29) is 18.1 Å². The Morgan fingerprint density at radius 1 is 0.788 bits per heavy atom. The Morgan fingerprint density at radius 2 is 1.48 bits per heavy atom. The zero-order chi connectivity index (χ0) is 22.6. The summed E-state index contributed by atoms with van der Waals surface area (Å²) in [5.74, 6) is -0.137. The third-order valence-electron chi connectivity index (χ3n) is 7.15. The minimum Gasteiger partial charge on any atom is -0.393 e. The molecule has 2 aromatic carbocycles. The number of rotatable bonds is 5. The van der Waals surface area contributed by atoms with E-state index in [2.05, 4.69) is 58.1 Å². The van der Waals surface area contributed by atoms with E-state index >= 15 is 0 Å². The number of fused-ring (bicyclic) bond motifs is 1. The third-order valence-corrected chi connectivity index (χ3v) is 7.15. The van der Waals surface area contributed by atoms with E-state index in [9.17, 15) is 9.90 Å². The molecule has 1 amide bonds. The van der Waals surface area contributed by atoms with Gasteiger partial charge in [-0.05, 0) is 73.9 Å². The average Bonchev–Trinajstić information content (AvgIpc) is 2.86. The quantitative estimate of drug-likeness (QED) is 0.474. The van der Waals surface area contributed by atoms with Crippen molar-refractivity contribution in [3.05, 3.63) is 60.3 Å². The first-order valence-electron chi connectivity index (χ1n) is 12.4. The number of anilines is 1. The molecular formula is C28H33N3O2. The Hall–Kier alpha value is -2.92. The molecule has 0 bridgehead atoms. The van der Waals surface area contributed by atoms with Crippen molar-refractivity contribution in [2.45, 2.75) is 76.0 Å². The summed E-state index contributed by atoms with van der Waals surface area (Å²) >= 11 is 0.